The fraction of sp³-hybridized carbons (Fsp3) is 0.333. The fourth-order valence-electron chi connectivity index (χ4n) is 4.40. The molecular formula is C27H32N4O4. The number of nitrogens with one attached hydrogen (secondary N) is 3. The van der Waals surface area contributed by atoms with E-state index in [1.54, 1.807) is 23.1 Å². The Balaban J connectivity index is 1.67. The zero-order chi connectivity index (χ0) is 24.9. The second-order valence-electron chi connectivity index (χ2n) is 8.97. The summed E-state index contributed by atoms with van der Waals surface area (Å²) < 4.78 is 6.36. The maximum Gasteiger partial charge on any atom is 0.323 e. The van der Waals surface area contributed by atoms with E-state index in [9.17, 15) is 14.7 Å². The molecule has 1 aliphatic heterocycles. The number of likely N-dealkylation sites (N-methyl/N-ethyl adjacent to an activating group) is 1. The van der Waals surface area contributed by atoms with E-state index in [1.165, 1.54) is 0 Å². The highest BCUT2D eigenvalue weighted by Gasteiger charge is 2.33. The predicted molar refractivity (Wildman–Crippen MR) is 138 cm³/mol. The van der Waals surface area contributed by atoms with Crippen LogP contribution in [0.15, 0.2) is 60.7 Å². The minimum atomic E-state index is -0.438. The number of aliphatic hydroxyl groups excluding tert-OH is 1. The van der Waals surface area contributed by atoms with Crippen molar-refractivity contribution in [3.05, 3.63) is 66.2 Å². The molecule has 0 spiro atoms. The van der Waals surface area contributed by atoms with Crippen LogP contribution in [0.3, 0.4) is 0 Å². The van der Waals surface area contributed by atoms with E-state index >= 15 is 0 Å². The molecule has 3 atom stereocenters. The van der Waals surface area contributed by atoms with E-state index in [0.717, 1.165) is 10.8 Å². The second-order valence-corrected chi connectivity index (χ2v) is 8.97. The van der Waals surface area contributed by atoms with Crippen molar-refractivity contribution in [2.45, 2.75) is 26.0 Å². The standard InChI is InChI=1S/C27H32N4O4/c1-17-15-31(18(2)16-32)26(33)21-11-7-13-23(25(21)35-24(17)14-28-3)30-27(34)29-22-12-6-9-19-8-4-5-10-20(19)22/h4-13,17-18,24,28,32H,14-16H2,1-3H3,(H2,29,30,34)/t17-,18+,24+/m1/s1. The number of carbonyl (C=O) groups is 2. The molecule has 0 saturated carbocycles. The third-order valence-corrected chi connectivity index (χ3v) is 6.38. The lowest BCUT2D eigenvalue weighted by Gasteiger charge is -2.37. The van der Waals surface area contributed by atoms with Gasteiger partial charge in [-0.1, -0.05) is 49.4 Å². The molecule has 1 heterocycles. The van der Waals surface area contributed by atoms with Crippen molar-refractivity contribution < 1.29 is 19.4 Å². The molecule has 0 unspecified atom stereocenters. The third kappa shape index (κ3) is 5.23. The van der Waals surface area contributed by atoms with Gasteiger partial charge < -0.3 is 30.7 Å². The molecule has 8 heteroatoms. The molecule has 3 aromatic carbocycles. The fourth-order valence-corrected chi connectivity index (χ4v) is 4.40. The number of hydrogen-bond donors (Lipinski definition) is 4. The van der Waals surface area contributed by atoms with Gasteiger partial charge in [0, 0.05) is 24.4 Å². The number of carbonyl (C=O) groups excluding carboxylic acids is 2. The van der Waals surface area contributed by atoms with Gasteiger partial charge in [-0.25, -0.2) is 4.79 Å². The maximum atomic E-state index is 13.5. The number of benzene rings is 3. The zero-order valence-electron chi connectivity index (χ0n) is 20.2. The van der Waals surface area contributed by atoms with Gasteiger partial charge in [-0.2, -0.15) is 0 Å². The van der Waals surface area contributed by atoms with E-state index in [2.05, 4.69) is 16.0 Å². The normalized spacial score (nSPS) is 18.7. The van der Waals surface area contributed by atoms with Gasteiger partial charge in [0.15, 0.2) is 5.75 Å². The van der Waals surface area contributed by atoms with Crippen LogP contribution in [0.4, 0.5) is 16.2 Å². The van der Waals surface area contributed by atoms with Gasteiger partial charge in [-0.3, -0.25) is 4.79 Å². The molecule has 3 aromatic rings. The Morgan fingerprint density at radius 2 is 1.77 bits per heavy atom. The summed E-state index contributed by atoms with van der Waals surface area (Å²) in [5.41, 5.74) is 1.43. The maximum absolute atomic E-state index is 13.5. The summed E-state index contributed by atoms with van der Waals surface area (Å²) >= 11 is 0. The molecule has 0 aromatic heterocycles. The lowest BCUT2D eigenvalue weighted by Crippen LogP contribution is -2.49. The number of rotatable bonds is 6. The molecule has 3 amide bonds. The average molecular weight is 477 g/mol. The Morgan fingerprint density at radius 3 is 2.54 bits per heavy atom. The van der Waals surface area contributed by atoms with Crippen molar-refractivity contribution in [1.82, 2.24) is 10.2 Å². The summed E-state index contributed by atoms with van der Waals surface area (Å²) in [5.74, 6) is 0.0769. The molecule has 184 valence electrons. The number of hydrogen-bond acceptors (Lipinski definition) is 5. The number of amides is 3. The van der Waals surface area contributed by atoms with Crippen molar-refractivity contribution in [3.63, 3.8) is 0 Å². The van der Waals surface area contributed by atoms with E-state index in [-0.39, 0.29) is 30.6 Å². The van der Waals surface area contributed by atoms with Crippen molar-refractivity contribution in [3.8, 4) is 5.75 Å². The van der Waals surface area contributed by atoms with Crippen LogP contribution in [-0.2, 0) is 0 Å². The van der Waals surface area contributed by atoms with Gasteiger partial charge >= 0.3 is 6.03 Å². The number of anilines is 2. The van der Waals surface area contributed by atoms with Crippen LogP contribution in [0.2, 0.25) is 0 Å². The van der Waals surface area contributed by atoms with Crippen LogP contribution >= 0.6 is 0 Å². The molecule has 1 aliphatic rings. The highest BCUT2D eigenvalue weighted by Crippen LogP contribution is 2.35. The second kappa shape index (κ2) is 10.8. The first-order chi connectivity index (χ1) is 16.9. The van der Waals surface area contributed by atoms with E-state index in [0.29, 0.717) is 35.8 Å². The number of fused-ring (bicyclic) bond motifs is 2. The van der Waals surface area contributed by atoms with Crippen molar-refractivity contribution >= 4 is 34.1 Å². The molecule has 4 N–H and O–H groups in total. The van der Waals surface area contributed by atoms with Gasteiger partial charge in [-0.05, 0) is 37.6 Å². The number of ether oxygens (including phenoxy) is 1. The highest BCUT2D eigenvalue weighted by atomic mass is 16.5. The van der Waals surface area contributed by atoms with Crippen LogP contribution < -0.4 is 20.7 Å². The Labute approximate surface area is 205 Å². The van der Waals surface area contributed by atoms with E-state index < -0.39 is 6.03 Å². The Bertz CT molecular complexity index is 1210. The molecule has 0 saturated heterocycles. The quantitative estimate of drug-likeness (QED) is 0.432. The van der Waals surface area contributed by atoms with Crippen LogP contribution in [0, 0.1) is 5.92 Å². The number of nitrogens with zero attached hydrogens (tertiary/aromatic N) is 1. The van der Waals surface area contributed by atoms with Crippen molar-refractivity contribution in [2.75, 3.05) is 37.4 Å². The summed E-state index contributed by atoms with van der Waals surface area (Å²) in [6, 6.07) is 17.9. The minimum absolute atomic E-state index is 0.00823. The first kappa shape index (κ1) is 24.5. The van der Waals surface area contributed by atoms with Gasteiger partial charge in [0.1, 0.15) is 6.10 Å². The van der Waals surface area contributed by atoms with Crippen LogP contribution in [0.1, 0.15) is 24.2 Å². The number of urea groups is 1. The first-order valence-electron chi connectivity index (χ1n) is 11.8. The summed E-state index contributed by atoms with van der Waals surface area (Å²) in [6.07, 6.45) is -0.246. The van der Waals surface area contributed by atoms with Gasteiger partial charge in [0.25, 0.3) is 5.91 Å². The van der Waals surface area contributed by atoms with Gasteiger partial charge in [-0.15, -0.1) is 0 Å². The molecule has 8 nitrogen and oxygen atoms in total. The smallest absolute Gasteiger partial charge is 0.323 e. The SMILES string of the molecule is CNC[C@@H]1Oc2c(NC(=O)Nc3cccc4ccccc34)cccc2C(=O)N([C@@H](C)CO)C[C@H]1C. The van der Waals surface area contributed by atoms with Crippen molar-refractivity contribution in [1.29, 1.82) is 0 Å². The van der Waals surface area contributed by atoms with Gasteiger partial charge in [0.2, 0.25) is 0 Å². The Hall–Kier alpha value is -3.62. The lowest BCUT2D eigenvalue weighted by molar-refractivity contribution is 0.0417. The Kier molecular flexibility index (Phi) is 7.53. The van der Waals surface area contributed by atoms with Crippen LogP contribution in [-0.4, -0.2) is 60.8 Å². The monoisotopic (exact) mass is 476 g/mol. The lowest BCUT2D eigenvalue weighted by atomic mass is 9.99. The van der Waals surface area contributed by atoms with Crippen LogP contribution in [0.5, 0.6) is 5.75 Å². The van der Waals surface area contributed by atoms with E-state index in [4.69, 9.17) is 4.74 Å². The predicted octanol–water partition coefficient (Wildman–Crippen LogP) is 3.92. The summed E-state index contributed by atoms with van der Waals surface area (Å²) in [4.78, 5) is 28.2. The number of aliphatic hydroxyl groups is 1. The molecule has 0 bridgehead atoms. The zero-order valence-corrected chi connectivity index (χ0v) is 20.2. The average Bonchev–Trinajstić information content (AvgIpc) is 2.86. The summed E-state index contributed by atoms with van der Waals surface area (Å²) in [5, 5.41) is 20.6. The molecular weight excluding hydrogens is 444 g/mol. The molecule has 0 radical (unpaired) electrons. The molecule has 35 heavy (non-hydrogen) atoms. The summed E-state index contributed by atoms with van der Waals surface area (Å²) in [7, 11) is 1.84. The van der Waals surface area contributed by atoms with Crippen LogP contribution in [0.25, 0.3) is 10.8 Å². The third-order valence-electron chi connectivity index (χ3n) is 6.38. The molecule has 4 rings (SSSR count). The topological polar surface area (TPSA) is 103 Å². The van der Waals surface area contributed by atoms with Gasteiger partial charge in [0.05, 0.1) is 29.6 Å². The minimum Gasteiger partial charge on any atom is -0.486 e. The Morgan fingerprint density at radius 1 is 1.09 bits per heavy atom. The highest BCUT2D eigenvalue weighted by molar-refractivity contribution is 6.08. The molecule has 0 aliphatic carbocycles. The largest absolute Gasteiger partial charge is 0.486 e. The van der Waals surface area contributed by atoms with E-state index in [1.807, 2.05) is 63.4 Å². The van der Waals surface area contributed by atoms with Crippen molar-refractivity contribution in [2.24, 2.45) is 5.92 Å². The first-order valence-corrected chi connectivity index (χ1v) is 11.8. The molecule has 0 fully saturated rings. The summed E-state index contributed by atoms with van der Waals surface area (Å²) in [6.45, 7) is 4.70. The number of para-hydroxylation sites is 1.